The van der Waals surface area contributed by atoms with Crippen molar-refractivity contribution in [2.24, 2.45) is 11.7 Å². The van der Waals surface area contributed by atoms with Crippen LogP contribution in [-0.4, -0.2) is 37.0 Å². The normalized spacial score (nSPS) is 22.9. The number of carbonyl (C=O) groups is 1. The van der Waals surface area contributed by atoms with E-state index in [4.69, 9.17) is 10.5 Å². The van der Waals surface area contributed by atoms with Crippen molar-refractivity contribution >= 4 is 5.91 Å². The summed E-state index contributed by atoms with van der Waals surface area (Å²) in [5, 5.41) is 0. The predicted molar refractivity (Wildman–Crippen MR) is 84.2 cm³/mol. The van der Waals surface area contributed by atoms with Crippen LogP contribution in [0.15, 0.2) is 24.3 Å². The van der Waals surface area contributed by atoms with Gasteiger partial charge in [-0.05, 0) is 44.2 Å². The minimum Gasteiger partial charge on any atom is -0.496 e. The first-order valence-electron chi connectivity index (χ1n) is 7.67. The zero-order valence-corrected chi connectivity index (χ0v) is 13.2. The van der Waals surface area contributed by atoms with E-state index in [1.807, 2.05) is 30.1 Å². The molecule has 0 spiro atoms. The van der Waals surface area contributed by atoms with Crippen molar-refractivity contribution in [1.29, 1.82) is 0 Å². The van der Waals surface area contributed by atoms with Gasteiger partial charge in [-0.3, -0.25) is 4.79 Å². The topological polar surface area (TPSA) is 55.6 Å². The molecule has 2 rings (SSSR count). The fraction of sp³-hybridized carbons (Fsp3) is 0.588. The van der Waals surface area contributed by atoms with Gasteiger partial charge in [-0.2, -0.15) is 0 Å². The van der Waals surface area contributed by atoms with Crippen LogP contribution in [0.1, 0.15) is 31.7 Å². The van der Waals surface area contributed by atoms with Crippen molar-refractivity contribution in [1.82, 2.24) is 4.90 Å². The first kappa shape index (κ1) is 15.8. The van der Waals surface area contributed by atoms with E-state index in [1.54, 1.807) is 7.11 Å². The van der Waals surface area contributed by atoms with E-state index in [2.05, 4.69) is 13.0 Å². The lowest BCUT2D eigenvalue weighted by Crippen LogP contribution is -2.40. The zero-order chi connectivity index (χ0) is 15.4. The third-order valence-corrected chi connectivity index (χ3v) is 4.54. The Kier molecular flexibility index (Phi) is 5.23. The quantitative estimate of drug-likeness (QED) is 0.904. The van der Waals surface area contributed by atoms with E-state index in [0.717, 1.165) is 37.0 Å². The van der Waals surface area contributed by atoms with Crippen molar-refractivity contribution < 1.29 is 9.53 Å². The van der Waals surface area contributed by atoms with Gasteiger partial charge in [0.15, 0.2) is 0 Å². The SMILES string of the molecule is COc1ccccc1CC(C)N(C)C(=O)C1CCC(N)C1. The maximum absolute atomic E-state index is 12.5. The van der Waals surface area contributed by atoms with Crippen LogP contribution >= 0.6 is 0 Å². The second-order valence-electron chi connectivity index (χ2n) is 6.08. The summed E-state index contributed by atoms with van der Waals surface area (Å²) in [5.41, 5.74) is 7.05. The molecule has 21 heavy (non-hydrogen) atoms. The van der Waals surface area contributed by atoms with Gasteiger partial charge in [0.05, 0.1) is 7.11 Å². The molecule has 0 heterocycles. The Labute approximate surface area is 127 Å². The van der Waals surface area contributed by atoms with Gasteiger partial charge in [-0.1, -0.05) is 18.2 Å². The molecule has 1 aromatic rings. The highest BCUT2D eigenvalue weighted by atomic mass is 16.5. The largest absolute Gasteiger partial charge is 0.496 e. The Morgan fingerprint density at radius 3 is 2.76 bits per heavy atom. The number of rotatable bonds is 5. The summed E-state index contributed by atoms with van der Waals surface area (Å²) in [5.74, 6) is 1.21. The van der Waals surface area contributed by atoms with E-state index in [1.165, 1.54) is 0 Å². The van der Waals surface area contributed by atoms with Gasteiger partial charge in [0.2, 0.25) is 5.91 Å². The molecule has 0 aromatic heterocycles. The number of methoxy groups -OCH3 is 1. The van der Waals surface area contributed by atoms with Gasteiger partial charge in [-0.25, -0.2) is 0 Å². The minimum atomic E-state index is 0.102. The maximum atomic E-state index is 12.5. The number of hydrogen-bond donors (Lipinski definition) is 1. The summed E-state index contributed by atoms with van der Waals surface area (Å²) in [6.07, 6.45) is 3.51. The van der Waals surface area contributed by atoms with Crippen LogP contribution in [0.2, 0.25) is 0 Å². The second kappa shape index (κ2) is 6.94. The first-order chi connectivity index (χ1) is 10.0. The van der Waals surface area contributed by atoms with Gasteiger partial charge >= 0.3 is 0 Å². The van der Waals surface area contributed by atoms with E-state index >= 15 is 0 Å². The van der Waals surface area contributed by atoms with Gasteiger partial charge in [0, 0.05) is 25.0 Å². The monoisotopic (exact) mass is 290 g/mol. The lowest BCUT2D eigenvalue weighted by molar-refractivity contribution is -0.135. The molecule has 1 aromatic carbocycles. The molecule has 1 aliphatic rings. The molecule has 1 amide bonds. The molecule has 0 aliphatic heterocycles. The molecule has 2 N–H and O–H groups in total. The number of carbonyl (C=O) groups excluding carboxylic acids is 1. The molecule has 0 saturated heterocycles. The first-order valence-corrected chi connectivity index (χ1v) is 7.67. The summed E-state index contributed by atoms with van der Waals surface area (Å²) >= 11 is 0. The van der Waals surface area contributed by atoms with Crippen molar-refractivity contribution in [2.75, 3.05) is 14.2 Å². The fourth-order valence-corrected chi connectivity index (χ4v) is 3.07. The third-order valence-electron chi connectivity index (χ3n) is 4.54. The lowest BCUT2D eigenvalue weighted by Gasteiger charge is -2.28. The zero-order valence-electron chi connectivity index (χ0n) is 13.2. The maximum Gasteiger partial charge on any atom is 0.225 e. The Bertz CT molecular complexity index is 489. The number of ether oxygens (including phenoxy) is 1. The van der Waals surface area contributed by atoms with E-state index in [9.17, 15) is 4.79 Å². The number of benzene rings is 1. The number of nitrogens with two attached hydrogens (primary N) is 1. The highest BCUT2D eigenvalue weighted by Gasteiger charge is 2.31. The van der Waals surface area contributed by atoms with Crippen molar-refractivity contribution in [3.05, 3.63) is 29.8 Å². The van der Waals surface area contributed by atoms with Crippen molar-refractivity contribution in [2.45, 2.75) is 44.7 Å². The number of amides is 1. The number of hydrogen-bond acceptors (Lipinski definition) is 3. The van der Waals surface area contributed by atoms with Gasteiger partial charge in [-0.15, -0.1) is 0 Å². The van der Waals surface area contributed by atoms with Gasteiger partial charge < -0.3 is 15.4 Å². The van der Waals surface area contributed by atoms with Crippen LogP contribution in [0.5, 0.6) is 5.75 Å². The van der Waals surface area contributed by atoms with Crippen molar-refractivity contribution in [3.8, 4) is 5.75 Å². The van der Waals surface area contributed by atoms with E-state index in [0.29, 0.717) is 0 Å². The summed E-state index contributed by atoms with van der Waals surface area (Å²) < 4.78 is 5.38. The molecule has 0 bridgehead atoms. The van der Waals surface area contributed by atoms with Crippen LogP contribution in [0.4, 0.5) is 0 Å². The van der Waals surface area contributed by atoms with Crippen LogP contribution in [0.25, 0.3) is 0 Å². The van der Waals surface area contributed by atoms with E-state index < -0.39 is 0 Å². The Morgan fingerprint density at radius 1 is 1.43 bits per heavy atom. The van der Waals surface area contributed by atoms with Crippen LogP contribution in [-0.2, 0) is 11.2 Å². The molecule has 1 saturated carbocycles. The molecule has 4 nitrogen and oxygen atoms in total. The summed E-state index contributed by atoms with van der Waals surface area (Å²) in [7, 11) is 3.57. The molecule has 116 valence electrons. The molecular formula is C17H26N2O2. The third kappa shape index (κ3) is 3.76. The standard InChI is InChI=1S/C17H26N2O2/c1-12(10-13-6-4-5-7-16(13)21-3)19(2)17(20)14-8-9-15(18)11-14/h4-7,12,14-15H,8-11,18H2,1-3H3. The van der Waals surface area contributed by atoms with Gasteiger partial charge in [0.1, 0.15) is 5.75 Å². The molecule has 1 aliphatic carbocycles. The van der Waals surface area contributed by atoms with Crippen LogP contribution in [0.3, 0.4) is 0 Å². The fourth-order valence-electron chi connectivity index (χ4n) is 3.07. The Balaban J connectivity index is 1.99. The Hall–Kier alpha value is -1.55. The van der Waals surface area contributed by atoms with Crippen molar-refractivity contribution in [3.63, 3.8) is 0 Å². The van der Waals surface area contributed by atoms with E-state index in [-0.39, 0.29) is 23.9 Å². The minimum absolute atomic E-state index is 0.102. The molecule has 3 atom stereocenters. The molecule has 0 radical (unpaired) electrons. The average molecular weight is 290 g/mol. The predicted octanol–water partition coefficient (Wildman–Crippen LogP) is 2.21. The second-order valence-corrected chi connectivity index (χ2v) is 6.08. The molecular weight excluding hydrogens is 264 g/mol. The van der Waals surface area contributed by atoms with Crippen LogP contribution in [0, 0.1) is 5.92 Å². The smallest absolute Gasteiger partial charge is 0.225 e. The van der Waals surface area contributed by atoms with Gasteiger partial charge in [0.25, 0.3) is 0 Å². The Morgan fingerprint density at radius 2 is 2.14 bits per heavy atom. The number of para-hydroxylation sites is 1. The summed E-state index contributed by atoms with van der Waals surface area (Å²) in [6.45, 7) is 2.08. The van der Waals surface area contributed by atoms with Crippen LogP contribution < -0.4 is 10.5 Å². The molecule has 1 fully saturated rings. The number of likely N-dealkylation sites (N-methyl/N-ethyl adjacent to an activating group) is 1. The number of nitrogens with zero attached hydrogens (tertiary/aromatic N) is 1. The highest BCUT2D eigenvalue weighted by molar-refractivity contribution is 5.79. The summed E-state index contributed by atoms with van der Waals surface area (Å²) in [6, 6.07) is 8.31. The average Bonchev–Trinajstić information content (AvgIpc) is 2.92. The molecule has 4 heteroatoms. The summed E-state index contributed by atoms with van der Waals surface area (Å²) in [4.78, 5) is 14.4. The molecule has 3 unspecified atom stereocenters. The highest BCUT2D eigenvalue weighted by Crippen LogP contribution is 2.27. The lowest BCUT2D eigenvalue weighted by atomic mass is 10.0.